The van der Waals surface area contributed by atoms with E-state index in [0.717, 1.165) is 17.8 Å². The van der Waals surface area contributed by atoms with Crippen LogP contribution in [0.4, 0.5) is 5.69 Å². The number of rotatable bonds is 3. The molecule has 0 aliphatic heterocycles. The van der Waals surface area contributed by atoms with Crippen molar-refractivity contribution in [3.8, 4) is 10.9 Å². The highest BCUT2D eigenvalue weighted by Gasteiger charge is 2.07. The fourth-order valence-corrected chi connectivity index (χ4v) is 1.90. The molecular weight excluding hydrogens is 222 g/mol. The van der Waals surface area contributed by atoms with Crippen molar-refractivity contribution in [1.82, 2.24) is 9.36 Å². The maximum Gasteiger partial charge on any atom is 0.298 e. The van der Waals surface area contributed by atoms with Crippen LogP contribution in [0.25, 0.3) is 0 Å². The SMILES string of the molecule is CCc1nsc(Oc2ccc(C)cc2N)n1. The molecule has 0 saturated carbocycles. The summed E-state index contributed by atoms with van der Waals surface area (Å²) in [4.78, 5) is 4.22. The zero-order chi connectivity index (χ0) is 11.5. The van der Waals surface area contributed by atoms with E-state index in [0.29, 0.717) is 16.6 Å². The summed E-state index contributed by atoms with van der Waals surface area (Å²) >= 11 is 1.24. The molecule has 1 aromatic heterocycles. The van der Waals surface area contributed by atoms with E-state index in [4.69, 9.17) is 10.5 Å². The molecule has 0 spiro atoms. The van der Waals surface area contributed by atoms with Gasteiger partial charge in [-0.05, 0) is 24.6 Å². The van der Waals surface area contributed by atoms with E-state index in [1.165, 1.54) is 11.5 Å². The Kier molecular flexibility index (Phi) is 3.05. The van der Waals surface area contributed by atoms with E-state index in [1.54, 1.807) is 0 Å². The molecule has 2 N–H and O–H groups in total. The standard InChI is InChI=1S/C11H13N3OS/c1-3-10-13-11(16-14-10)15-9-5-4-7(2)6-8(9)12/h4-6H,3,12H2,1-2H3. The largest absolute Gasteiger partial charge is 0.428 e. The molecule has 1 heterocycles. The number of nitrogen functional groups attached to an aromatic ring is 1. The van der Waals surface area contributed by atoms with E-state index < -0.39 is 0 Å². The first kappa shape index (κ1) is 10.9. The van der Waals surface area contributed by atoms with Gasteiger partial charge in [-0.25, -0.2) is 0 Å². The summed E-state index contributed by atoms with van der Waals surface area (Å²) in [6.45, 7) is 3.99. The van der Waals surface area contributed by atoms with Crippen molar-refractivity contribution >= 4 is 17.2 Å². The molecule has 2 rings (SSSR count). The lowest BCUT2D eigenvalue weighted by molar-refractivity contribution is 0.479. The predicted octanol–water partition coefficient (Wildman–Crippen LogP) is 2.78. The number of hydrogen-bond acceptors (Lipinski definition) is 5. The molecule has 0 fully saturated rings. The molecule has 1 aromatic carbocycles. The Hall–Kier alpha value is -1.62. The fraction of sp³-hybridized carbons (Fsp3) is 0.273. The van der Waals surface area contributed by atoms with Gasteiger partial charge in [0.25, 0.3) is 5.19 Å². The first-order chi connectivity index (χ1) is 7.69. The number of nitrogens with zero attached hydrogens (tertiary/aromatic N) is 2. The minimum Gasteiger partial charge on any atom is -0.428 e. The fourth-order valence-electron chi connectivity index (χ4n) is 1.28. The molecule has 0 bridgehead atoms. The molecule has 0 unspecified atom stereocenters. The molecule has 16 heavy (non-hydrogen) atoms. The van der Waals surface area contributed by atoms with Gasteiger partial charge in [-0.15, -0.1) is 0 Å². The highest BCUT2D eigenvalue weighted by atomic mass is 32.1. The highest BCUT2D eigenvalue weighted by Crippen LogP contribution is 2.28. The quantitative estimate of drug-likeness (QED) is 0.831. The number of hydrogen-bond donors (Lipinski definition) is 1. The number of anilines is 1. The first-order valence-electron chi connectivity index (χ1n) is 5.05. The van der Waals surface area contributed by atoms with E-state index in [2.05, 4.69) is 9.36 Å². The summed E-state index contributed by atoms with van der Waals surface area (Å²) in [5.74, 6) is 1.43. The van der Waals surface area contributed by atoms with Gasteiger partial charge in [0, 0.05) is 18.0 Å². The molecule has 0 saturated heterocycles. The second kappa shape index (κ2) is 4.49. The Morgan fingerprint density at radius 1 is 1.44 bits per heavy atom. The molecule has 84 valence electrons. The summed E-state index contributed by atoms with van der Waals surface area (Å²) in [7, 11) is 0. The van der Waals surface area contributed by atoms with Crippen LogP contribution >= 0.6 is 11.5 Å². The van der Waals surface area contributed by atoms with Crippen LogP contribution in [0, 0.1) is 6.92 Å². The van der Waals surface area contributed by atoms with Crippen molar-refractivity contribution in [2.24, 2.45) is 0 Å². The van der Waals surface area contributed by atoms with Crippen LogP contribution in [0.1, 0.15) is 18.3 Å². The third-order valence-electron chi connectivity index (χ3n) is 2.13. The summed E-state index contributed by atoms with van der Waals surface area (Å²) in [5.41, 5.74) is 7.57. The number of nitrogens with two attached hydrogens (primary N) is 1. The summed E-state index contributed by atoms with van der Waals surface area (Å²) in [6, 6.07) is 5.67. The van der Waals surface area contributed by atoms with Crippen LogP contribution in [-0.2, 0) is 6.42 Å². The zero-order valence-corrected chi connectivity index (χ0v) is 10.0. The van der Waals surface area contributed by atoms with Gasteiger partial charge in [0.15, 0.2) is 5.75 Å². The summed E-state index contributed by atoms with van der Waals surface area (Å²) in [5, 5.41) is 0.535. The lowest BCUT2D eigenvalue weighted by Crippen LogP contribution is -1.92. The highest BCUT2D eigenvalue weighted by molar-refractivity contribution is 7.07. The van der Waals surface area contributed by atoms with Crippen LogP contribution in [0.2, 0.25) is 0 Å². The van der Waals surface area contributed by atoms with Gasteiger partial charge in [-0.1, -0.05) is 13.0 Å². The topological polar surface area (TPSA) is 61.0 Å². The van der Waals surface area contributed by atoms with Gasteiger partial charge in [-0.2, -0.15) is 9.36 Å². The van der Waals surface area contributed by atoms with E-state index in [1.807, 2.05) is 32.0 Å². The summed E-state index contributed by atoms with van der Waals surface area (Å²) < 4.78 is 9.71. The Bertz CT molecular complexity index is 496. The van der Waals surface area contributed by atoms with E-state index >= 15 is 0 Å². The van der Waals surface area contributed by atoms with Crippen LogP contribution in [-0.4, -0.2) is 9.36 Å². The lowest BCUT2D eigenvalue weighted by atomic mass is 10.2. The molecule has 0 aliphatic carbocycles. The van der Waals surface area contributed by atoms with Gasteiger partial charge in [0.2, 0.25) is 0 Å². The summed E-state index contributed by atoms with van der Waals surface area (Å²) in [6.07, 6.45) is 0.809. The van der Waals surface area contributed by atoms with Gasteiger partial charge < -0.3 is 10.5 Å². The second-order valence-electron chi connectivity index (χ2n) is 3.47. The Morgan fingerprint density at radius 3 is 2.88 bits per heavy atom. The van der Waals surface area contributed by atoms with Gasteiger partial charge in [0.1, 0.15) is 5.82 Å². The van der Waals surface area contributed by atoms with Crippen LogP contribution in [0.15, 0.2) is 18.2 Å². The molecule has 4 nitrogen and oxygen atoms in total. The zero-order valence-electron chi connectivity index (χ0n) is 9.23. The first-order valence-corrected chi connectivity index (χ1v) is 5.83. The minimum atomic E-state index is 0.535. The average molecular weight is 235 g/mol. The number of aryl methyl sites for hydroxylation is 2. The molecule has 0 amide bonds. The van der Waals surface area contributed by atoms with E-state index in [9.17, 15) is 0 Å². The van der Waals surface area contributed by atoms with Gasteiger partial charge >= 0.3 is 0 Å². The van der Waals surface area contributed by atoms with Crippen LogP contribution < -0.4 is 10.5 Å². The van der Waals surface area contributed by atoms with Crippen molar-refractivity contribution in [3.05, 3.63) is 29.6 Å². The van der Waals surface area contributed by atoms with Crippen LogP contribution in [0.3, 0.4) is 0 Å². The second-order valence-corrected chi connectivity index (χ2v) is 4.19. The maximum atomic E-state index is 5.84. The number of aromatic nitrogens is 2. The molecule has 0 atom stereocenters. The van der Waals surface area contributed by atoms with Gasteiger partial charge in [0.05, 0.1) is 5.69 Å². The van der Waals surface area contributed by atoms with Gasteiger partial charge in [-0.3, -0.25) is 0 Å². The smallest absolute Gasteiger partial charge is 0.298 e. The molecule has 5 heteroatoms. The Balaban J connectivity index is 2.20. The van der Waals surface area contributed by atoms with Crippen molar-refractivity contribution in [2.75, 3.05) is 5.73 Å². The Morgan fingerprint density at radius 2 is 2.25 bits per heavy atom. The maximum absolute atomic E-state index is 5.84. The number of benzene rings is 1. The molecule has 2 aromatic rings. The predicted molar refractivity (Wildman–Crippen MR) is 65.0 cm³/mol. The Labute approximate surface area is 98.3 Å². The van der Waals surface area contributed by atoms with Crippen molar-refractivity contribution in [3.63, 3.8) is 0 Å². The van der Waals surface area contributed by atoms with Crippen molar-refractivity contribution in [2.45, 2.75) is 20.3 Å². The monoisotopic (exact) mass is 235 g/mol. The van der Waals surface area contributed by atoms with Crippen molar-refractivity contribution in [1.29, 1.82) is 0 Å². The average Bonchev–Trinajstić information content (AvgIpc) is 2.70. The molecular formula is C11H13N3OS. The minimum absolute atomic E-state index is 0.535. The third-order valence-corrected chi connectivity index (χ3v) is 2.76. The lowest BCUT2D eigenvalue weighted by Gasteiger charge is -2.05. The third kappa shape index (κ3) is 2.30. The van der Waals surface area contributed by atoms with Crippen molar-refractivity contribution < 1.29 is 4.74 Å². The van der Waals surface area contributed by atoms with Crippen LogP contribution in [0.5, 0.6) is 10.9 Å². The molecule has 0 aliphatic rings. The molecule has 0 radical (unpaired) electrons. The normalized spacial score (nSPS) is 10.4. The van der Waals surface area contributed by atoms with E-state index in [-0.39, 0.29) is 0 Å². The number of ether oxygens (including phenoxy) is 1.